The quantitative estimate of drug-likeness (QED) is 0.506. The van der Waals surface area contributed by atoms with E-state index in [9.17, 15) is 18.8 Å². The predicted octanol–water partition coefficient (Wildman–Crippen LogP) is 1.43. The smallest absolute Gasteiger partial charge is 0.270 e. The molecule has 0 spiro atoms. The molecule has 31 heavy (non-hydrogen) atoms. The minimum absolute atomic E-state index is 0.00978. The van der Waals surface area contributed by atoms with Crippen LogP contribution in [-0.4, -0.2) is 50.7 Å². The van der Waals surface area contributed by atoms with Gasteiger partial charge in [0.05, 0.1) is 6.20 Å². The normalized spacial score (nSPS) is 12.9. The van der Waals surface area contributed by atoms with Crippen LogP contribution in [0.5, 0.6) is 5.75 Å². The van der Waals surface area contributed by atoms with Crippen LogP contribution in [0.4, 0.5) is 4.39 Å². The molecule has 2 aromatic heterocycles. The van der Waals surface area contributed by atoms with E-state index in [0.29, 0.717) is 17.6 Å². The van der Waals surface area contributed by atoms with Crippen LogP contribution in [0.15, 0.2) is 30.5 Å². The predicted molar refractivity (Wildman–Crippen MR) is 111 cm³/mol. The maximum absolute atomic E-state index is 14.1. The van der Waals surface area contributed by atoms with Gasteiger partial charge in [0, 0.05) is 36.5 Å². The van der Waals surface area contributed by atoms with Crippen molar-refractivity contribution < 1.29 is 23.5 Å². The summed E-state index contributed by atoms with van der Waals surface area (Å²) in [5, 5.41) is 9.70. The summed E-state index contributed by atoms with van der Waals surface area (Å²) in [6.45, 7) is 0.562. The summed E-state index contributed by atoms with van der Waals surface area (Å²) in [4.78, 5) is 40.7. The molecule has 11 heteroatoms. The van der Waals surface area contributed by atoms with Crippen LogP contribution in [0, 0.1) is 5.82 Å². The van der Waals surface area contributed by atoms with Crippen LogP contribution >= 0.6 is 15.9 Å². The summed E-state index contributed by atoms with van der Waals surface area (Å²) in [5.74, 6) is -1.20. The third-order valence-electron chi connectivity index (χ3n) is 4.63. The minimum atomic E-state index is -0.747. The third-order valence-corrected chi connectivity index (χ3v) is 5.02. The summed E-state index contributed by atoms with van der Waals surface area (Å²) in [7, 11) is 0. The zero-order chi connectivity index (χ0) is 22.0. The molecule has 9 nitrogen and oxygen atoms in total. The van der Waals surface area contributed by atoms with Gasteiger partial charge < -0.3 is 15.4 Å². The molecule has 0 saturated heterocycles. The van der Waals surface area contributed by atoms with Crippen LogP contribution < -0.4 is 15.4 Å². The first-order valence-electron chi connectivity index (χ1n) is 9.39. The number of amides is 2. The number of hydrogen-bond donors (Lipinski definition) is 2. The van der Waals surface area contributed by atoms with Gasteiger partial charge in [0.2, 0.25) is 0 Å². The number of halogens is 2. The minimum Gasteiger partial charge on any atom is -0.486 e. The average molecular weight is 490 g/mol. The Labute approximate surface area is 184 Å². The van der Waals surface area contributed by atoms with Crippen molar-refractivity contribution in [2.24, 2.45) is 0 Å². The highest BCUT2D eigenvalue weighted by molar-refractivity contribution is 9.09. The summed E-state index contributed by atoms with van der Waals surface area (Å²) in [6, 6.07) is 6.58. The largest absolute Gasteiger partial charge is 0.486 e. The molecule has 3 heterocycles. The van der Waals surface area contributed by atoms with Gasteiger partial charge in [-0.15, -0.1) is 0 Å². The number of Topliss-reactive ketones (excluding diaryl/α,β-unsaturated/α-hetero) is 1. The van der Waals surface area contributed by atoms with Gasteiger partial charge in [-0.2, -0.15) is 5.10 Å². The van der Waals surface area contributed by atoms with Crippen molar-refractivity contribution in [1.82, 2.24) is 25.2 Å². The maximum atomic E-state index is 14.1. The van der Waals surface area contributed by atoms with E-state index in [4.69, 9.17) is 4.74 Å². The molecule has 0 radical (unpaired) electrons. The van der Waals surface area contributed by atoms with Crippen molar-refractivity contribution in [1.29, 1.82) is 0 Å². The van der Waals surface area contributed by atoms with E-state index in [1.165, 1.54) is 6.07 Å². The van der Waals surface area contributed by atoms with Gasteiger partial charge in [0.25, 0.3) is 11.8 Å². The average Bonchev–Trinajstić information content (AvgIpc) is 3.15. The lowest BCUT2D eigenvalue weighted by molar-refractivity contribution is -0.121. The van der Waals surface area contributed by atoms with Gasteiger partial charge in [-0.1, -0.05) is 22.0 Å². The number of ether oxygens (including phenoxy) is 1. The number of nitrogens with one attached hydrogen (secondary N) is 2. The molecule has 1 aliphatic rings. The third kappa shape index (κ3) is 4.41. The van der Waals surface area contributed by atoms with E-state index in [2.05, 4.69) is 36.6 Å². The standard InChI is InChI=1S/C20H17BrFN5O4/c21-3-4-23-20(30)16-7-15(26-18-14(22)9-25-27(16)18)19(29)24-8-11-1-2-17-12(5-11)6-13(28)10-31-17/h1-2,5,7,9H,3-4,6,8,10H2,(H,23,30)(H,24,29). The Balaban J connectivity index is 1.55. The molecule has 1 aromatic carbocycles. The summed E-state index contributed by atoms with van der Waals surface area (Å²) in [6.07, 6.45) is 1.21. The molecule has 0 saturated carbocycles. The molecule has 1 aliphatic heterocycles. The van der Waals surface area contributed by atoms with Crippen molar-refractivity contribution in [3.63, 3.8) is 0 Å². The van der Waals surface area contributed by atoms with Crippen molar-refractivity contribution in [2.75, 3.05) is 18.5 Å². The van der Waals surface area contributed by atoms with Crippen molar-refractivity contribution in [3.8, 4) is 5.75 Å². The molecule has 160 valence electrons. The number of nitrogens with zero attached hydrogens (tertiary/aromatic N) is 3. The number of hydrogen-bond acceptors (Lipinski definition) is 6. The zero-order valence-corrected chi connectivity index (χ0v) is 17.7. The monoisotopic (exact) mass is 489 g/mol. The first kappa shape index (κ1) is 20.9. The highest BCUT2D eigenvalue weighted by Crippen LogP contribution is 2.24. The van der Waals surface area contributed by atoms with Gasteiger partial charge in [0.1, 0.15) is 23.7 Å². The summed E-state index contributed by atoms with van der Waals surface area (Å²) >= 11 is 3.21. The second-order valence-electron chi connectivity index (χ2n) is 6.83. The molecule has 2 N–H and O–H groups in total. The van der Waals surface area contributed by atoms with Crippen molar-refractivity contribution >= 4 is 39.2 Å². The Morgan fingerprint density at radius 1 is 1.23 bits per heavy atom. The van der Waals surface area contributed by atoms with Gasteiger partial charge in [-0.3, -0.25) is 14.4 Å². The summed E-state index contributed by atoms with van der Waals surface area (Å²) < 4.78 is 20.5. The lowest BCUT2D eigenvalue weighted by atomic mass is 10.0. The fraction of sp³-hybridized carbons (Fsp3) is 0.250. The SMILES string of the molecule is O=C1COc2ccc(CNC(=O)c3cc(C(=O)NCCBr)n4ncc(F)c4n3)cc2C1. The first-order chi connectivity index (χ1) is 15.0. The molecule has 3 aromatic rings. The lowest BCUT2D eigenvalue weighted by Crippen LogP contribution is -2.29. The second kappa shape index (κ2) is 8.80. The van der Waals surface area contributed by atoms with E-state index in [-0.39, 0.29) is 42.4 Å². The number of rotatable bonds is 6. The maximum Gasteiger partial charge on any atom is 0.270 e. The van der Waals surface area contributed by atoms with Crippen LogP contribution in [0.25, 0.3) is 5.65 Å². The van der Waals surface area contributed by atoms with Crippen LogP contribution in [0.1, 0.15) is 32.1 Å². The molecule has 0 atom stereocenters. The molecule has 4 rings (SSSR count). The van der Waals surface area contributed by atoms with Gasteiger partial charge in [-0.05, 0) is 17.7 Å². The molecule has 0 fully saturated rings. The highest BCUT2D eigenvalue weighted by atomic mass is 79.9. The number of carbonyl (C=O) groups is 3. The van der Waals surface area contributed by atoms with Gasteiger partial charge >= 0.3 is 0 Å². The van der Waals surface area contributed by atoms with Crippen LogP contribution in [0.2, 0.25) is 0 Å². The van der Waals surface area contributed by atoms with Crippen LogP contribution in [0.3, 0.4) is 0 Å². The Hall–Kier alpha value is -3.34. The fourth-order valence-corrected chi connectivity index (χ4v) is 3.38. The van der Waals surface area contributed by atoms with E-state index in [1.54, 1.807) is 18.2 Å². The zero-order valence-electron chi connectivity index (χ0n) is 16.2. The Kier molecular flexibility index (Phi) is 5.94. The Morgan fingerprint density at radius 2 is 2.06 bits per heavy atom. The Bertz CT molecular complexity index is 1200. The number of ketones is 1. The topological polar surface area (TPSA) is 115 Å². The molecular weight excluding hydrogens is 473 g/mol. The number of carbonyl (C=O) groups excluding carboxylic acids is 3. The number of aromatic nitrogens is 3. The van der Waals surface area contributed by atoms with Crippen LogP contribution in [-0.2, 0) is 17.8 Å². The van der Waals surface area contributed by atoms with Gasteiger partial charge in [-0.25, -0.2) is 13.9 Å². The highest BCUT2D eigenvalue weighted by Gasteiger charge is 2.20. The Morgan fingerprint density at radius 3 is 2.87 bits per heavy atom. The number of alkyl halides is 1. The molecule has 0 unspecified atom stereocenters. The lowest BCUT2D eigenvalue weighted by Gasteiger charge is -2.17. The molecule has 0 aliphatic carbocycles. The first-order valence-corrected chi connectivity index (χ1v) is 10.5. The van der Waals surface area contributed by atoms with E-state index >= 15 is 0 Å². The van der Waals surface area contributed by atoms with E-state index in [0.717, 1.165) is 21.8 Å². The fourth-order valence-electron chi connectivity index (χ4n) is 3.18. The molecular formula is C20H17BrFN5O4. The van der Waals surface area contributed by atoms with Gasteiger partial charge in [0.15, 0.2) is 17.2 Å². The van der Waals surface area contributed by atoms with Crippen molar-refractivity contribution in [2.45, 2.75) is 13.0 Å². The van der Waals surface area contributed by atoms with Crippen molar-refractivity contribution in [3.05, 3.63) is 58.8 Å². The number of fused-ring (bicyclic) bond motifs is 2. The molecule has 0 bridgehead atoms. The van der Waals surface area contributed by atoms with E-state index in [1.807, 2.05) is 0 Å². The summed E-state index contributed by atoms with van der Waals surface area (Å²) in [5.41, 5.74) is 1.17. The molecule has 2 amide bonds. The number of benzene rings is 1. The second-order valence-corrected chi connectivity index (χ2v) is 7.62. The van der Waals surface area contributed by atoms with E-state index < -0.39 is 17.6 Å².